The molecule has 0 saturated carbocycles. The fourth-order valence-corrected chi connectivity index (χ4v) is 4.11. The summed E-state index contributed by atoms with van der Waals surface area (Å²) in [5.41, 5.74) is -1.55. The number of ether oxygens (including phenoxy) is 1. The summed E-state index contributed by atoms with van der Waals surface area (Å²) >= 11 is 0. The molecule has 0 aliphatic carbocycles. The molecule has 3 rings (SSSR count). The van der Waals surface area contributed by atoms with Gasteiger partial charge >= 0.3 is 6.18 Å². The quantitative estimate of drug-likeness (QED) is 0.808. The first-order valence-electron chi connectivity index (χ1n) is 8.17. The smallest absolute Gasteiger partial charge is 0.416 e. The second kappa shape index (κ2) is 7.14. The van der Waals surface area contributed by atoms with Crippen LogP contribution >= 0.6 is 0 Å². The Morgan fingerprint density at radius 1 is 1.11 bits per heavy atom. The first-order valence-corrected chi connectivity index (χ1v) is 9.82. The van der Waals surface area contributed by atoms with E-state index in [0.717, 1.165) is 24.3 Å². The highest BCUT2D eigenvalue weighted by molar-refractivity contribution is 7.88. The van der Waals surface area contributed by atoms with Gasteiger partial charge in [-0.3, -0.25) is 0 Å². The number of fused-ring (bicyclic) bond motifs is 1. The van der Waals surface area contributed by atoms with Crippen LogP contribution in [0, 0.1) is 0 Å². The molecular weight excluding hydrogens is 383 g/mol. The molecule has 146 valence electrons. The minimum Gasteiger partial charge on any atom is -0.493 e. The van der Waals surface area contributed by atoms with E-state index in [9.17, 15) is 26.7 Å². The van der Waals surface area contributed by atoms with Crippen molar-refractivity contribution < 1.29 is 31.4 Å². The Hall–Kier alpha value is -2.10. The first-order chi connectivity index (χ1) is 12.6. The number of benzene rings is 2. The van der Waals surface area contributed by atoms with Gasteiger partial charge < -0.3 is 9.84 Å². The van der Waals surface area contributed by atoms with Gasteiger partial charge in [0.25, 0.3) is 0 Å². The number of alkyl halides is 3. The van der Waals surface area contributed by atoms with Crippen LogP contribution in [0.15, 0.2) is 48.5 Å². The topological polar surface area (TPSA) is 75.6 Å². The molecule has 1 atom stereocenters. The van der Waals surface area contributed by atoms with E-state index < -0.39 is 33.1 Å². The van der Waals surface area contributed by atoms with Crippen LogP contribution in [0.1, 0.15) is 23.1 Å². The average Bonchev–Trinajstić information content (AvgIpc) is 2.60. The lowest BCUT2D eigenvalue weighted by atomic mass is 9.88. The van der Waals surface area contributed by atoms with Gasteiger partial charge in [-0.25, -0.2) is 13.1 Å². The first kappa shape index (κ1) is 19.7. The van der Waals surface area contributed by atoms with Crippen LogP contribution in [-0.2, 0) is 27.6 Å². The number of sulfonamides is 1. The summed E-state index contributed by atoms with van der Waals surface area (Å²) in [5, 5.41) is 10.8. The zero-order valence-electron chi connectivity index (χ0n) is 14.2. The van der Waals surface area contributed by atoms with Gasteiger partial charge in [0.1, 0.15) is 11.4 Å². The maximum absolute atomic E-state index is 12.6. The largest absolute Gasteiger partial charge is 0.493 e. The second-order valence-electron chi connectivity index (χ2n) is 6.40. The van der Waals surface area contributed by atoms with E-state index in [0.29, 0.717) is 11.3 Å². The standard InChI is InChI=1S/C18H18F3NO4S/c19-18(20,21)14-7-5-13(6-8-14)11-27(24,25)22-12-17(23)9-10-26-16-4-2-1-3-15(16)17/h1-8,22-23H,9-12H2/t17-/m1/s1. The molecule has 2 aromatic carbocycles. The molecule has 1 aliphatic heterocycles. The highest BCUT2D eigenvalue weighted by atomic mass is 32.2. The van der Waals surface area contributed by atoms with E-state index in [-0.39, 0.29) is 25.1 Å². The Balaban J connectivity index is 1.69. The van der Waals surface area contributed by atoms with Gasteiger partial charge in [-0.2, -0.15) is 13.2 Å². The number of hydrogen-bond acceptors (Lipinski definition) is 4. The van der Waals surface area contributed by atoms with Crippen molar-refractivity contribution in [3.05, 3.63) is 65.2 Å². The molecule has 2 aromatic rings. The minimum absolute atomic E-state index is 0.215. The fourth-order valence-electron chi connectivity index (χ4n) is 2.91. The molecule has 5 nitrogen and oxygen atoms in total. The molecule has 1 aliphatic rings. The molecule has 0 unspecified atom stereocenters. The van der Waals surface area contributed by atoms with Gasteiger partial charge in [0.05, 0.1) is 17.9 Å². The Bertz CT molecular complexity index is 913. The number of aliphatic hydroxyl groups is 1. The van der Waals surface area contributed by atoms with Crippen LogP contribution < -0.4 is 9.46 Å². The number of rotatable bonds is 5. The number of hydrogen-bond donors (Lipinski definition) is 2. The summed E-state index contributed by atoms with van der Waals surface area (Å²) in [4.78, 5) is 0. The van der Waals surface area contributed by atoms with Gasteiger partial charge in [0, 0.05) is 18.5 Å². The van der Waals surface area contributed by atoms with Crippen LogP contribution in [0.2, 0.25) is 0 Å². The van der Waals surface area contributed by atoms with Crippen LogP contribution in [0.5, 0.6) is 5.75 Å². The summed E-state index contributed by atoms with van der Waals surface area (Å²) < 4.78 is 70.1. The number of halogens is 3. The lowest BCUT2D eigenvalue weighted by Gasteiger charge is -2.34. The third-order valence-electron chi connectivity index (χ3n) is 4.38. The van der Waals surface area contributed by atoms with Crippen molar-refractivity contribution in [1.29, 1.82) is 0 Å². The van der Waals surface area contributed by atoms with E-state index in [4.69, 9.17) is 4.74 Å². The number of para-hydroxylation sites is 1. The highest BCUT2D eigenvalue weighted by Gasteiger charge is 2.36. The molecule has 1 heterocycles. The predicted octanol–water partition coefficient (Wildman–Crippen LogP) is 2.80. The maximum Gasteiger partial charge on any atom is 0.416 e. The van der Waals surface area contributed by atoms with Crippen molar-refractivity contribution in [2.75, 3.05) is 13.2 Å². The predicted molar refractivity (Wildman–Crippen MR) is 92.5 cm³/mol. The van der Waals surface area contributed by atoms with Gasteiger partial charge in [-0.1, -0.05) is 30.3 Å². The molecule has 0 saturated heterocycles. The normalized spacial score (nSPS) is 20.0. The third-order valence-corrected chi connectivity index (χ3v) is 5.68. The lowest BCUT2D eigenvalue weighted by Crippen LogP contribution is -2.44. The van der Waals surface area contributed by atoms with Crippen molar-refractivity contribution in [2.45, 2.75) is 24.0 Å². The molecule has 0 bridgehead atoms. The van der Waals surface area contributed by atoms with Gasteiger partial charge in [-0.15, -0.1) is 0 Å². The van der Waals surface area contributed by atoms with Crippen LogP contribution in [-0.4, -0.2) is 26.7 Å². The molecular formula is C18H18F3NO4S. The number of nitrogens with one attached hydrogen (secondary N) is 1. The molecule has 2 N–H and O–H groups in total. The monoisotopic (exact) mass is 401 g/mol. The summed E-state index contributed by atoms with van der Waals surface area (Å²) in [6, 6.07) is 10.8. The van der Waals surface area contributed by atoms with Gasteiger partial charge in [0.15, 0.2) is 0 Å². The minimum atomic E-state index is -4.48. The van der Waals surface area contributed by atoms with E-state index in [1.54, 1.807) is 24.3 Å². The molecule has 0 spiro atoms. The lowest BCUT2D eigenvalue weighted by molar-refractivity contribution is -0.137. The van der Waals surface area contributed by atoms with Crippen LogP contribution in [0.25, 0.3) is 0 Å². The molecule has 27 heavy (non-hydrogen) atoms. The van der Waals surface area contributed by atoms with Crippen molar-refractivity contribution in [2.24, 2.45) is 0 Å². The zero-order chi connectivity index (χ0) is 19.7. The maximum atomic E-state index is 12.6. The molecule has 9 heteroatoms. The Labute approximate surface area is 154 Å². The van der Waals surface area contributed by atoms with Gasteiger partial charge in [-0.05, 0) is 23.8 Å². The van der Waals surface area contributed by atoms with Crippen molar-refractivity contribution in [1.82, 2.24) is 4.72 Å². The summed E-state index contributed by atoms with van der Waals surface area (Å²) in [6.45, 7) is -0.00944. The summed E-state index contributed by atoms with van der Waals surface area (Å²) in [7, 11) is -3.86. The van der Waals surface area contributed by atoms with Crippen molar-refractivity contribution >= 4 is 10.0 Å². The van der Waals surface area contributed by atoms with Crippen LogP contribution in [0.3, 0.4) is 0 Å². The average molecular weight is 401 g/mol. The van der Waals surface area contributed by atoms with E-state index in [2.05, 4.69) is 4.72 Å². The highest BCUT2D eigenvalue weighted by Crippen LogP contribution is 2.36. The zero-order valence-corrected chi connectivity index (χ0v) is 15.0. The van der Waals surface area contributed by atoms with E-state index in [1.807, 2.05) is 0 Å². The Morgan fingerprint density at radius 3 is 2.44 bits per heavy atom. The Kier molecular flexibility index (Phi) is 5.20. The fraction of sp³-hybridized carbons (Fsp3) is 0.333. The van der Waals surface area contributed by atoms with Crippen molar-refractivity contribution in [3.63, 3.8) is 0 Å². The van der Waals surface area contributed by atoms with E-state index >= 15 is 0 Å². The van der Waals surface area contributed by atoms with Gasteiger partial charge in [0.2, 0.25) is 10.0 Å². The summed E-state index contributed by atoms with van der Waals surface area (Å²) in [6.07, 6.45) is -4.26. The SMILES string of the molecule is O=S(=O)(Cc1ccc(C(F)(F)F)cc1)NC[C@]1(O)CCOc2ccccc21. The van der Waals surface area contributed by atoms with Crippen LogP contribution in [0.4, 0.5) is 13.2 Å². The molecule has 0 radical (unpaired) electrons. The molecule has 0 aromatic heterocycles. The summed E-state index contributed by atoms with van der Waals surface area (Å²) in [5.74, 6) is 0.00695. The second-order valence-corrected chi connectivity index (χ2v) is 8.21. The Morgan fingerprint density at radius 2 is 1.78 bits per heavy atom. The third kappa shape index (κ3) is 4.60. The molecule has 0 amide bonds. The molecule has 0 fully saturated rings. The van der Waals surface area contributed by atoms with E-state index in [1.165, 1.54) is 0 Å². The van der Waals surface area contributed by atoms with Crippen molar-refractivity contribution in [3.8, 4) is 5.75 Å².